The number of hydrogen-bond donors (Lipinski definition) is 11. The van der Waals surface area contributed by atoms with E-state index in [1.54, 1.807) is 13.8 Å². The van der Waals surface area contributed by atoms with Gasteiger partial charge >= 0.3 is 11.9 Å². The van der Waals surface area contributed by atoms with Gasteiger partial charge in [0.25, 0.3) is 0 Å². The van der Waals surface area contributed by atoms with Gasteiger partial charge in [-0.2, -0.15) is 0 Å². The SMILES string of the molecule is CC(C)C[C@H](NC(=O)CNC(=O)[C@H](CCCCCC(=O)O)NC(=O)[C@H](CCC(N)=O)NC(=O)CNC(=O)[C@@H]1C[C@@H](O)CN1)C(=O)N[C@@H](C)C(=O)O. The predicted octanol–water partition coefficient (Wildman–Crippen LogP) is -3.67. The Balaban J connectivity index is 2.97. The quantitative estimate of drug-likeness (QED) is 0.0428. The normalized spacial score (nSPS) is 17.6. The fourth-order valence-electron chi connectivity index (χ4n) is 4.97. The van der Waals surface area contributed by atoms with Crippen molar-refractivity contribution in [3.63, 3.8) is 0 Å². The Labute approximate surface area is 295 Å². The highest BCUT2D eigenvalue weighted by Gasteiger charge is 2.30. The van der Waals surface area contributed by atoms with E-state index in [2.05, 4.69) is 37.2 Å². The minimum absolute atomic E-state index is 0.00293. The van der Waals surface area contributed by atoms with Crippen molar-refractivity contribution in [2.75, 3.05) is 19.6 Å². The minimum atomic E-state index is -1.37. The Bertz CT molecular complexity index is 1260. The number of unbranched alkanes of at least 4 members (excludes halogenated alkanes) is 2. The molecule has 1 saturated heterocycles. The molecule has 0 aromatic carbocycles. The van der Waals surface area contributed by atoms with Crippen LogP contribution in [0, 0.1) is 5.92 Å². The zero-order chi connectivity index (χ0) is 38.7. The summed E-state index contributed by atoms with van der Waals surface area (Å²) in [6.45, 7) is 3.87. The van der Waals surface area contributed by atoms with Crippen LogP contribution in [-0.4, -0.2) is 125 Å². The number of carbonyl (C=O) groups is 9. The van der Waals surface area contributed by atoms with Crippen LogP contribution < -0.4 is 43.0 Å². The summed E-state index contributed by atoms with van der Waals surface area (Å²) in [5.74, 6) is -7.69. The van der Waals surface area contributed by atoms with Crippen LogP contribution in [0.15, 0.2) is 0 Å². The van der Waals surface area contributed by atoms with Gasteiger partial charge in [-0.05, 0) is 44.9 Å². The molecule has 0 aliphatic carbocycles. The van der Waals surface area contributed by atoms with E-state index in [1.165, 1.54) is 6.92 Å². The van der Waals surface area contributed by atoms with Crippen LogP contribution in [0.3, 0.4) is 0 Å². The third-order valence-electron chi connectivity index (χ3n) is 7.71. The molecular formula is C31H52N8O12. The maximum absolute atomic E-state index is 13.3. The van der Waals surface area contributed by atoms with E-state index >= 15 is 0 Å². The predicted molar refractivity (Wildman–Crippen MR) is 178 cm³/mol. The molecule has 1 rings (SSSR count). The van der Waals surface area contributed by atoms with E-state index in [1.807, 2.05) is 0 Å². The van der Waals surface area contributed by atoms with Crippen molar-refractivity contribution >= 4 is 53.3 Å². The molecule has 20 nitrogen and oxygen atoms in total. The fraction of sp³-hybridized carbons (Fsp3) is 0.710. The summed E-state index contributed by atoms with van der Waals surface area (Å²) in [6.07, 6.45) is -0.149. The van der Waals surface area contributed by atoms with Gasteiger partial charge in [0.2, 0.25) is 41.4 Å². The molecule has 0 saturated carbocycles. The van der Waals surface area contributed by atoms with Gasteiger partial charge in [-0.15, -0.1) is 0 Å². The minimum Gasteiger partial charge on any atom is -0.481 e. The molecule has 12 N–H and O–H groups in total. The lowest BCUT2D eigenvalue weighted by Crippen LogP contribution is -2.56. The Morgan fingerprint density at radius 1 is 0.725 bits per heavy atom. The highest BCUT2D eigenvalue weighted by Crippen LogP contribution is 2.09. The smallest absolute Gasteiger partial charge is 0.325 e. The topological polar surface area (TPSA) is 325 Å². The van der Waals surface area contributed by atoms with Crippen LogP contribution in [0.25, 0.3) is 0 Å². The molecular weight excluding hydrogens is 676 g/mol. The van der Waals surface area contributed by atoms with E-state index in [0.717, 1.165) is 0 Å². The first-order valence-corrected chi connectivity index (χ1v) is 16.8. The van der Waals surface area contributed by atoms with Gasteiger partial charge in [0.05, 0.1) is 25.2 Å². The van der Waals surface area contributed by atoms with Gasteiger partial charge in [-0.1, -0.05) is 26.7 Å². The van der Waals surface area contributed by atoms with E-state index in [0.29, 0.717) is 6.42 Å². The Hall–Kier alpha value is -4.85. The largest absolute Gasteiger partial charge is 0.481 e. The van der Waals surface area contributed by atoms with Crippen molar-refractivity contribution in [2.45, 2.75) is 115 Å². The average molecular weight is 729 g/mol. The zero-order valence-corrected chi connectivity index (χ0v) is 29.1. The highest BCUT2D eigenvalue weighted by molar-refractivity contribution is 5.95. The third-order valence-corrected chi connectivity index (χ3v) is 7.71. The monoisotopic (exact) mass is 728 g/mol. The highest BCUT2D eigenvalue weighted by atomic mass is 16.4. The van der Waals surface area contributed by atoms with Crippen LogP contribution in [0.4, 0.5) is 0 Å². The summed E-state index contributed by atoms with van der Waals surface area (Å²) in [7, 11) is 0. The van der Waals surface area contributed by atoms with Crippen LogP contribution >= 0.6 is 0 Å². The summed E-state index contributed by atoms with van der Waals surface area (Å²) in [5.41, 5.74) is 5.24. The first kappa shape index (κ1) is 44.2. The summed E-state index contributed by atoms with van der Waals surface area (Å²) in [4.78, 5) is 110. The average Bonchev–Trinajstić information content (AvgIpc) is 3.48. The van der Waals surface area contributed by atoms with Gasteiger partial charge in [0, 0.05) is 19.4 Å². The molecule has 0 radical (unpaired) electrons. The molecule has 6 atom stereocenters. The van der Waals surface area contributed by atoms with Crippen molar-refractivity contribution in [1.82, 2.24) is 37.2 Å². The number of aliphatic carboxylic acids is 2. The maximum atomic E-state index is 13.3. The number of amides is 7. The van der Waals surface area contributed by atoms with Gasteiger partial charge < -0.3 is 58.3 Å². The molecule has 1 aliphatic heterocycles. The number of rotatable bonds is 24. The van der Waals surface area contributed by atoms with Crippen molar-refractivity contribution in [3.05, 3.63) is 0 Å². The number of aliphatic hydroxyl groups is 1. The number of β-amino-alcohol motifs (C(OH)–C–C–N with tert-alkyl or cyclic N) is 1. The van der Waals surface area contributed by atoms with Crippen molar-refractivity contribution in [2.24, 2.45) is 11.7 Å². The van der Waals surface area contributed by atoms with Crippen molar-refractivity contribution < 1.29 is 58.5 Å². The second-order valence-electron chi connectivity index (χ2n) is 12.8. The summed E-state index contributed by atoms with van der Waals surface area (Å²) >= 11 is 0. The Morgan fingerprint density at radius 3 is 1.86 bits per heavy atom. The molecule has 0 spiro atoms. The molecule has 0 aromatic rings. The number of carboxylic acid groups (broad SMARTS) is 2. The maximum Gasteiger partial charge on any atom is 0.325 e. The third kappa shape index (κ3) is 18.6. The van der Waals surface area contributed by atoms with Gasteiger partial charge in [-0.25, -0.2) is 0 Å². The Kier molecular flexibility index (Phi) is 19.7. The molecule has 1 aliphatic rings. The molecule has 0 aromatic heterocycles. The molecule has 20 heteroatoms. The summed E-state index contributed by atoms with van der Waals surface area (Å²) < 4.78 is 0. The number of nitrogens with two attached hydrogens (primary N) is 1. The second-order valence-corrected chi connectivity index (χ2v) is 12.8. The first-order chi connectivity index (χ1) is 23.9. The number of nitrogens with one attached hydrogen (secondary N) is 7. The molecule has 51 heavy (non-hydrogen) atoms. The summed E-state index contributed by atoms with van der Waals surface area (Å²) in [5, 5.41) is 44.8. The lowest BCUT2D eigenvalue weighted by molar-refractivity contribution is -0.141. The molecule has 0 unspecified atom stereocenters. The van der Waals surface area contributed by atoms with E-state index in [4.69, 9.17) is 15.9 Å². The van der Waals surface area contributed by atoms with Crippen molar-refractivity contribution in [3.8, 4) is 0 Å². The van der Waals surface area contributed by atoms with E-state index < -0.39 is 103 Å². The molecule has 7 amide bonds. The molecule has 288 valence electrons. The van der Waals surface area contributed by atoms with E-state index in [9.17, 15) is 48.3 Å². The Morgan fingerprint density at radius 2 is 1.31 bits per heavy atom. The lowest BCUT2D eigenvalue weighted by Gasteiger charge is -2.24. The number of primary amides is 1. The fourth-order valence-corrected chi connectivity index (χ4v) is 4.97. The number of carbonyl (C=O) groups excluding carboxylic acids is 7. The number of carboxylic acids is 2. The molecule has 1 heterocycles. The van der Waals surface area contributed by atoms with Gasteiger partial charge in [0.1, 0.15) is 24.2 Å². The number of aliphatic hydroxyl groups excluding tert-OH is 1. The standard InChI is InChI=1S/C31H52N8O12/c1-16(2)11-22(30(49)36-17(3)31(50)51)38-25(43)15-34-27(46)19(7-5-4-6-8-26(44)45)39-29(48)20(9-10-23(32)41)37-24(42)14-35-28(47)21-12-18(40)13-33-21/h16-22,33,40H,4-15H2,1-3H3,(H2,32,41)(H,34,46)(H,35,47)(H,36,49)(H,37,42)(H,38,43)(H,39,48)(H,44,45)(H,50,51)/t17-,18+,19-,20-,21-,22-/m0/s1. The summed E-state index contributed by atoms with van der Waals surface area (Å²) in [6, 6.07) is -5.70. The molecule has 0 bridgehead atoms. The van der Waals surface area contributed by atoms with Crippen LogP contribution in [0.5, 0.6) is 0 Å². The van der Waals surface area contributed by atoms with Crippen LogP contribution in [-0.2, 0) is 43.2 Å². The number of hydrogen-bond acceptors (Lipinski definition) is 11. The van der Waals surface area contributed by atoms with E-state index in [-0.39, 0.29) is 63.8 Å². The lowest BCUT2D eigenvalue weighted by atomic mass is 10.0. The molecule has 1 fully saturated rings. The van der Waals surface area contributed by atoms with Gasteiger partial charge in [-0.3, -0.25) is 43.2 Å². The van der Waals surface area contributed by atoms with Crippen LogP contribution in [0.1, 0.15) is 78.6 Å². The first-order valence-electron chi connectivity index (χ1n) is 16.8. The van der Waals surface area contributed by atoms with Gasteiger partial charge in [0.15, 0.2) is 0 Å². The van der Waals surface area contributed by atoms with Crippen molar-refractivity contribution in [1.29, 1.82) is 0 Å². The van der Waals surface area contributed by atoms with Crippen LogP contribution in [0.2, 0.25) is 0 Å². The zero-order valence-electron chi connectivity index (χ0n) is 29.1. The second kappa shape index (κ2) is 22.8.